The van der Waals surface area contributed by atoms with Gasteiger partial charge in [-0.25, -0.2) is 0 Å². The van der Waals surface area contributed by atoms with Crippen LogP contribution >= 0.6 is 0 Å². The Bertz CT molecular complexity index is 482. The van der Waals surface area contributed by atoms with Crippen molar-refractivity contribution in [2.24, 2.45) is 0 Å². The predicted octanol–water partition coefficient (Wildman–Crippen LogP) is -0.256. The highest BCUT2D eigenvalue weighted by Gasteiger charge is 2.45. The lowest BCUT2D eigenvalue weighted by Gasteiger charge is -2.30. The average molecular weight is 308 g/mol. The van der Waals surface area contributed by atoms with Crippen LogP contribution in [0.3, 0.4) is 0 Å². The molecular formula is C16H24N2O4. The molecule has 122 valence electrons. The van der Waals surface area contributed by atoms with Gasteiger partial charge in [0, 0.05) is 20.0 Å². The van der Waals surface area contributed by atoms with Crippen LogP contribution < -0.4 is 5.32 Å². The summed E-state index contributed by atoms with van der Waals surface area (Å²) in [5.74, 6) is -0.144. The molecule has 1 aromatic rings. The number of likely N-dealkylation sites (N-methyl/N-ethyl adjacent to an activating group) is 1. The minimum absolute atomic E-state index is 0.144. The van der Waals surface area contributed by atoms with Gasteiger partial charge in [-0.2, -0.15) is 0 Å². The molecule has 0 saturated carbocycles. The Morgan fingerprint density at radius 3 is 2.59 bits per heavy atom. The number of amides is 1. The molecule has 0 radical (unpaired) electrons. The zero-order valence-corrected chi connectivity index (χ0v) is 13.0. The van der Waals surface area contributed by atoms with E-state index in [9.17, 15) is 15.0 Å². The summed E-state index contributed by atoms with van der Waals surface area (Å²) in [7, 11) is 1.91. The minimum Gasteiger partial charge on any atom is -0.394 e. The molecule has 1 heterocycles. The van der Waals surface area contributed by atoms with Crippen LogP contribution in [-0.4, -0.2) is 65.6 Å². The SMILES string of the molecule is CC(=O)NC[C@H]1O[C@@H](CO)[C@@H](O)[C@H]1N(C)Cc1ccccc1. The molecule has 6 nitrogen and oxygen atoms in total. The molecule has 0 aliphatic carbocycles. The maximum atomic E-state index is 11.1. The molecule has 1 amide bonds. The Hall–Kier alpha value is -1.47. The van der Waals surface area contributed by atoms with Gasteiger partial charge < -0.3 is 20.3 Å². The fraction of sp³-hybridized carbons (Fsp3) is 0.562. The summed E-state index contributed by atoms with van der Waals surface area (Å²) in [6.07, 6.45) is -1.77. The molecule has 22 heavy (non-hydrogen) atoms. The smallest absolute Gasteiger partial charge is 0.216 e. The molecule has 1 aliphatic rings. The van der Waals surface area contributed by atoms with Gasteiger partial charge in [0.15, 0.2) is 0 Å². The highest BCUT2D eigenvalue weighted by atomic mass is 16.5. The van der Waals surface area contributed by atoms with Gasteiger partial charge in [0.05, 0.1) is 18.8 Å². The number of benzene rings is 1. The molecule has 0 aromatic heterocycles. The molecule has 0 spiro atoms. The standard InChI is InChI=1S/C16H24N2O4/c1-11(20)17-8-13-15(16(21)14(10-19)22-13)18(2)9-12-6-4-3-5-7-12/h3-7,13-16,19,21H,8-10H2,1-2H3,(H,17,20)/t13-,14+,15+,16-/m1/s1. The maximum absolute atomic E-state index is 11.1. The van der Waals surface area contributed by atoms with Crippen molar-refractivity contribution in [3.8, 4) is 0 Å². The fourth-order valence-corrected chi connectivity index (χ4v) is 2.91. The summed E-state index contributed by atoms with van der Waals surface area (Å²) in [5.41, 5.74) is 1.13. The summed E-state index contributed by atoms with van der Waals surface area (Å²) >= 11 is 0. The van der Waals surface area contributed by atoms with Crippen LogP contribution in [0.15, 0.2) is 30.3 Å². The topological polar surface area (TPSA) is 82.0 Å². The summed E-state index contributed by atoms with van der Waals surface area (Å²) in [5, 5.41) is 22.4. The first-order valence-electron chi connectivity index (χ1n) is 7.46. The van der Waals surface area contributed by atoms with Crippen molar-refractivity contribution in [3.63, 3.8) is 0 Å². The van der Waals surface area contributed by atoms with Crippen LogP contribution in [0, 0.1) is 0 Å². The monoisotopic (exact) mass is 308 g/mol. The molecule has 1 fully saturated rings. The van der Waals surface area contributed by atoms with E-state index in [1.54, 1.807) is 0 Å². The lowest BCUT2D eigenvalue weighted by Crippen LogP contribution is -2.49. The molecule has 1 aromatic carbocycles. The van der Waals surface area contributed by atoms with E-state index in [2.05, 4.69) is 5.32 Å². The molecule has 4 atom stereocenters. The second kappa shape index (κ2) is 7.69. The van der Waals surface area contributed by atoms with Crippen LogP contribution in [0.4, 0.5) is 0 Å². The van der Waals surface area contributed by atoms with Crippen LogP contribution in [0.1, 0.15) is 12.5 Å². The normalized spacial score (nSPS) is 28.0. The van der Waals surface area contributed by atoms with E-state index < -0.39 is 12.2 Å². The molecule has 1 saturated heterocycles. The number of hydrogen-bond acceptors (Lipinski definition) is 5. The molecular weight excluding hydrogens is 284 g/mol. The van der Waals surface area contributed by atoms with Crippen molar-refractivity contribution in [3.05, 3.63) is 35.9 Å². The van der Waals surface area contributed by atoms with Gasteiger partial charge in [-0.1, -0.05) is 30.3 Å². The summed E-state index contributed by atoms with van der Waals surface area (Å²) in [6, 6.07) is 9.64. The lowest BCUT2D eigenvalue weighted by molar-refractivity contribution is -0.119. The number of hydrogen-bond donors (Lipinski definition) is 3. The second-order valence-corrected chi connectivity index (χ2v) is 5.71. The molecule has 3 N–H and O–H groups in total. The zero-order chi connectivity index (χ0) is 16.1. The largest absolute Gasteiger partial charge is 0.394 e. The highest BCUT2D eigenvalue weighted by molar-refractivity contribution is 5.72. The van der Waals surface area contributed by atoms with E-state index in [4.69, 9.17) is 4.74 Å². The third-order valence-corrected chi connectivity index (χ3v) is 3.98. The van der Waals surface area contributed by atoms with Crippen molar-refractivity contribution in [1.29, 1.82) is 0 Å². The van der Waals surface area contributed by atoms with E-state index in [1.807, 2.05) is 42.3 Å². The second-order valence-electron chi connectivity index (χ2n) is 5.71. The first kappa shape index (κ1) is 16.9. The number of ether oxygens (including phenoxy) is 1. The van der Waals surface area contributed by atoms with Crippen LogP contribution in [0.25, 0.3) is 0 Å². The lowest BCUT2D eigenvalue weighted by atomic mass is 10.0. The maximum Gasteiger partial charge on any atom is 0.216 e. The fourth-order valence-electron chi connectivity index (χ4n) is 2.91. The number of nitrogens with zero attached hydrogens (tertiary/aromatic N) is 1. The molecule has 6 heteroatoms. The van der Waals surface area contributed by atoms with Crippen molar-refractivity contribution < 1.29 is 19.7 Å². The Balaban J connectivity index is 2.07. The van der Waals surface area contributed by atoms with Gasteiger partial charge in [-0.15, -0.1) is 0 Å². The zero-order valence-electron chi connectivity index (χ0n) is 13.0. The Kier molecular flexibility index (Phi) is 5.90. The first-order valence-corrected chi connectivity index (χ1v) is 7.46. The van der Waals surface area contributed by atoms with Gasteiger partial charge in [-0.05, 0) is 12.6 Å². The number of rotatable bonds is 6. The number of carbonyl (C=O) groups is 1. The van der Waals surface area contributed by atoms with Crippen molar-refractivity contribution in [2.75, 3.05) is 20.2 Å². The third-order valence-electron chi connectivity index (χ3n) is 3.98. The van der Waals surface area contributed by atoms with E-state index in [1.165, 1.54) is 6.92 Å². The molecule has 0 bridgehead atoms. The van der Waals surface area contributed by atoms with Crippen LogP contribution in [-0.2, 0) is 16.1 Å². The van der Waals surface area contributed by atoms with E-state index in [0.717, 1.165) is 5.56 Å². The van der Waals surface area contributed by atoms with E-state index in [-0.39, 0.29) is 24.7 Å². The molecule has 2 rings (SSSR count). The van der Waals surface area contributed by atoms with Crippen molar-refractivity contribution in [2.45, 2.75) is 37.8 Å². The number of carbonyl (C=O) groups excluding carboxylic acids is 1. The first-order chi connectivity index (χ1) is 10.5. The Morgan fingerprint density at radius 1 is 1.32 bits per heavy atom. The van der Waals surface area contributed by atoms with Gasteiger partial charge in [0.1, 0.15) is 12.2 Å². The van der Waals surface area contributed by atoms with Gasteiger partial charge >= 0.3 is 0 Å². The quantitative estimate of drug-likeness (QED) is 0.675. The van der Waals surface area contributed by atoms with Gasteiger partial charge in [0.25, 0.3) is 0 Å². The highest BCUT2D eigenvalue weighted by Crippen LogP contribution is 2.26. The summed E-state index contributed by atoms with van der Waals surface area (Å²) in [6.45, 7) is 2.17. The number of nitrogens with one attached hydrogen (secondary N) is 1. The van der Waals surface area contributed by atoms with Crippen molar-refractivity contribution in [1.82, 2.24) is 10.2 Å². The number of aliphatic hydroxyl groups excluding tert-OH is 2. The van der Waals surface area contributed by atoms with Crippen LogP contribution in [0.2, 0.25) is 0 Å². The van der Waals surface area contributed by atoms with Gasteiger partial charge in [0.2, 0.25) is 5.91 Å². The summed E-state index contributed by atoms with van der Waals surface area (Å²) < 4.78 is 5.69. The summed E-state index contributed by atoms with van der Waals surface area (Å²) in [4.78, 5) is 13.1. The van der Waals surface area contributed by atoms with Crippen molar-refractivity contribution >= 4 is 5.91 Å². The third kappa shape index (κ3) is 4.04. The predicted molar refractivity (Wildman–Crippen MR) is 82.1 cm³/mol. The van der Waals surface area contributed by atoms with Crippen LogP contribution in [0.5, 0.6) is 0 Å². The molecule has 1 aliphatic heterocycles. The van der Waals surface area contributed by atoms with Gasteiger partial charge in [-0.3, -0.25) is 9.69 Å². The Morgan fingerprint density at radius 2 is 2.00 bits per heavy atom. The number of aliphatic hydroxyl groups is 2. The molecule has 0 unspecified atom stereocenters. The Labute approximate surface area is 130 Å². The van der Waals surface area contributed by atoms with E-state index in [0.29, 0.717) is 13.1 Å². The minimum atomic E-state index is -0.794. The average Bonchev–Trinajstić information content (AvgIpc) is 2.82. The van der Waals surface area contributed by atoms with E-state index >= 15 is 0 Å².